The molecule has 4 amide bonds. The minimum Gasteiger partial charge on any atom is -0.463 e. The molecule has 196 valence electrons. The van der Waals surface area contributed by atoms with E-state index in [4.69, 9.17) is 4.74 Å². The van der Waals surface area contributed by atoms with E-state index in [1.54, 1.807) is 31.0 Å². The summed E-state index contributed by atoms with van der Waals surface area (Å²) in [6.07, 6.45) is 0. The van der Waals surface area contributed by atoms with Crippen LogP contribution in [0.4, 0.5) is 19.7 Å². The van der Waals surface area contributed by atoms with Gasteiger partial charge in [-0.2, -0.15) is 0 Å². The number of nitrogens with zero attached hydrogens (tertiary/aromatic N) is 3. The van der Waals surface area contributed by atoms with Crippen molar-refractivity contribution in [3.05, 3.63) is 77.2 Å². The molecule has 2 aliphatic heterocycles. The molecule has 0 bridgehead atoms. The van der Waals surface area contributed by atoms with Gasteiger partial charge in [-0.1, -0.05) is 30.3 Å². The fraction of sp³-hybridized carbons (Fsp3) is 0.370. The fourth-order valence-electron chi connectivity index (χ4n) is 4.74. The van der Waals surface area contributed by atoms with Crippen molar-refractivity contribution in [2.75, 3.05) is 45.2 Å². The van der Waals surface area contributed by atoms with Crippen molar-refractivity contribution >= 4 is 23.7 Å². The second kappa shape index (κ2) is 11.4. The number of anilines is 1. The summed E-state index contributed by atoms with van der Waals surface area (Å²) in [7, 11) is 1.60. The minimum absolute atomic E-state index is 0.106. The quantitative estimate of drug-likeness (QED) is 0.581. The Labute approximate surface area is 215 Å². The van der Waals surface area contributed by atoms with Crippen molar-refractivity contribution in [1.29, 1.82) is 0 Å². The predicted octanol–water partition coefficient (Wildman–Crippen LogP) is 3.58. The number of halogens is 1. The molecule has 10 heteroatoms. The number of amides is 4. The molecule has 37 heavy (non-hydrogen) atoms. The molecule has 0 aliphatic carbocycles. The zero-order chi connectivity index (χ0) is 26.5. The molecule has 2 atom stereocenters. The third-order valence-electron chi connectivity index (χ3n) is 6.63. The summed E-state index contributed by atoms with van der Waals surface area (Å²) < 4.78 is 19.4. The molecule has 0 radical (unpaired) electrons. The highest BCUT2D eigenvalue weighted by Crippen LogP contribution is 2.32. The normalized spacial score (nSPS) is 20.5. The van der Waals surface area contributed by atoms with Gasteiger partial charge < -0.3 is 20.3 Å². The number of likely N-dealkylation sites (N-methyl/N-ethyl adjacent to an activating group) is 1. The monoisotopic (exact) mass is 509 g/mol. The maximum absolute atomic E-state index is 14.0. The van der Waals surface area contributed by atoms with E-state index in [1.807, 2.05) is 37.3 Å². The lowest BCUT2D eigenvalue weighted by molar-refractivity contribution is -0.139. The van der Waals surface area contributed by atoms with Crippen LogP contribution in [0.25, 0.3) is 0 Å². The van der Waals surface area contributed by atoms with Gasteiger partial charge in [0.15, 0.2) is 0 Å². The molecule has 0 aromatic heterocycles. The zero-order valence-electron chi connectivity index (χ0n) is 21.2. The third kappa shape index (κ3) is 5.91. The largest absolute Gasteiger partial charge is 0.463 e. The van der Waals surface area contributed by atoms with Gasteiger partial charge in [0, 0.05) is 50.7 Å². The Kier molecular flexibility index (Phi) is 8.08. The Morgan fingerprint density at radius 2 is 1.89 bits per heavy atom. The second-order valence-electron chi connectivity index (χ2n) is 9.15. The topological polar surface area (TPSA) is 94.2 Å². The summed E-state index contributed by atoms with van der Waals surface area (Å²) in [6.45, 7) is 5.70. The SMILES string of the molecule is CCOC(=O)C1=C(CN2CCN(C(=O)Nc3ccccc3)[C@H](C)C2)N(C)C(=O)N[C@H]1c1cccc(F)c1. The molecule has 2 heterocycles. The van der Waals surface area contributed by atoms with Crippen LogP contribution in [-0.2, 0) is 9.53 Å². The van der Waals surface area contributed by atoms with E-state index in [2.05, 4.69) is 15.5 Å². The summed E-state index contributed by atoms with van der Waals surface area (Å²) >= 11 is 0. The van der Waals surface area contributed by atoms with E-state index in [1.165, 1.54) is 17.0 Å². The van der Waals surface area contributed by atoms with E-state index in [0.29, 0.717) is 37.4 Å². The first kappa shape index (κ1) is 26.2. The molecule has 4 rings (SSSR count). The van der Waals surface area contributed by atoms with E-state index >= 15 is 0 Å². The number of benzene rings is 2. The molecule has 2 N–H and O–H groups in total. The lowest BCUT2D eigenvalue weighted by Gasteiger charge is -2.42. The lowest BCUT2D eigenvalue weighted by atomic mass is 9.94. The van der Waals surface area contributed by atoms with Gasteiger partial charge >= 0.3 is 18.0 Å². The highest BCUT2D eigenvalue weighted by Gasteiger charge is 2.38. The Morgan fingerprint density at radius 1 is 1.14 bits per heavy atom. The molecule has 2 aromatic rings. The first-order valence-corrected chi connectivity index (χ1v) is 12.3. The van der Waals surface area contributed by atoms with Gasteiger partial charge in [0.1, 0.15) is 5.82 Å². The van der Waals surface area contributed by atoms with Crippen molar-refractivity contribution in [3.8, 4) is 0 Å². The van der Waals surface area contributed by atoms with Crippen molar-refractivity contribution in [2.24, 2.45) is 0 Å². The number of ether oxygens (including phenoxy) is 1. The minimum atomic E-state index is -0.844. The first-order valence-electron chi connectivity index (χ1n) is 12.3. The summed E-state index contributed by atoms with van der Waals surface area (Å²) in [5.41, 5.74) is 1.94. The van der Waals surface area contributed by atoms with Crippen LogP contribution in [0.1, 0.15) is 25.5 Å². The number of carbonyl (C=O) groups excluding carboxylic acids is 3. The van der Waals surface area contributed by atoms with E-state index in [-0.39, 0.29) is 24.3 Å². The molecule has 2 aliphatic rings. The number of urea groups is 2. The predicted molar refractivity (Wildman–Crippen MR) is 137 cm³/mol. The average Bonchev–Trinajstić information content (AvgIpc) is 2.87. The third-order valence-corrected chi connectivity index (χ3v) is 6.63. The number of piperazine rings is 1. The lowest BCUT2D eigenvalue weighted by Crippen LogP contribution is -2.56. The van der Waals surface area contributed by atoms with Gasteiger partial charge in [0.25, 0.3) is 0 Å². The van der Waals surface area contributed by atoms with Crippen molar-refractivity contribution in [2.45, 2.75) is 25.9 Å². The Balaban J connectivity index is 1.56. The maximum atomic E-state index is 14.0. The van der Waals surface area contributed by atoms with Crippen molar-refractivity contribution < 1.29 is 23.5 Å². The van der Waals surface area contributed by atoms with Crippen molar-refractivity contribution in [3.63, 3.8) is 0 Å². The molecule has 0 spiro atoms. The number of hydrogen-bond donors (Lipinski definition) is 2. The van der Waals surface area contributed by atoms with Crippen LogP contribution in [0.3, 0.4) is 0 Å². The van der Waals surface area contributed by atoms with Crippen LogP contribution >= 0.6 is 0 Å². The van der Waals surface area contributed by atoms with Crippen LogP contribution in [0.15, 0.2) is 65.9 Å². The van der Waals surface area contributed by atoms with Crippen LogP contribution < -0.4 is 10.6 Å². The van der Waals surface area contributed by atoms with Crippen LogP contribution in [0.2, 0.25) is 0 Å². The molecule has 1 saturated heterocycles. The maximum Gasteiger partial charge on any atom is 0.338 e. The van der Waals surface area contributed by atoms with Gasteiger partial charge in [-0.25, -0.2) is 18.8 Å². The highest BCUT2D eigenvalue weighted by molar-refractivity contribution is 5.95. The molecule has 0 unspecified atom stereocenters. The van der Waals surface area contributed by atoms with Crippen LogP contribution in [0, 0.1) is 5.82 Å². The molecular weight excluding hydrogens is 477 g/mol. The highest BCUT2D eigenvalue weighted by atomic mass is 19.1. The van der Waals surface area contributed by atoms with Gasteiger partial charge in [0.05, 0.1) is 18.2 Å². The second-order valence-corrected chi connectivity index (χ2v) is 9.15. The molecule has 0 saturated carbocycles. The van der Waals surface area contributed by atoms with Crippen LogP contribution in [0.5, 0.6) is 0 Å². The Bertz CT molecular complexity index is 1190. The number of hydrogen-bond acceptors (Lipinski definition) is 5. The number of esters is 1. The standard InChI is InChI=1S/C27H32FN5O4/c1-4-37-25(34)23-22(31(3)26(35)30-24(23)19-9-8-10-20(28)15-19)17-32-13-14-33(18(2)16-32)27(36)29-21-11-6-5-7-12-21/h5-12,15,18,24H,4,13-14,16-17H2,1-3H3,(H,29,36)(H,30,35)/t18-,24+/m1/s1. The van der Waals surface area contributed by atoms with Crippen LogP contribution in [-0.4, -0.2) is 78.6 Å². The van der Waals surface area contributed by atoms with E-state index in [0.717, 1.165) is 5.69 Å². The fourth-order valence-corrected chi connectivity index (χ4v) is 4.74. The van der Waals surface area contributed by atoms with E-state index < -0.39 is 23.9 Å². The Hall–Kier alpha value is -3.92. The number of para-hydroxylation sites is 1. The summed E-state index contributed by atoms with van der Waals surface area (Å²) in [5, 5.41) is 5.72. The van der Waals surface area contributed by atoms with Gasteiger partial charge in [0.2, 0.25) is 0 Å². The Morgan fingerprint density at radius 3 is 2.57 bits per heavy atom. The number of nitrogens with one attached hydrogen (secondary N) is 2. The molecule has 2 aromatic carbocycles. The van der Waals surface area contributed by atoms with Crippen molar-refractivity contribution in [1.82, 2.24) is 20.0 Å². The summed E-state index contributed by atoms with van der Waals surface area (Å²) in [6, 6.07) is 13.6. The van der Waals surface area contributed by atoms with Gasteiger partial charge in [-0.3, -0.25) is 9.80 Å². The van der Waals surface area contributed by atoms with Gasteiger partial charge in [-0.05, 0) is 43.7 Å². The molecule has 9 nitrogen and oxygen atoms in total. The molecular formula is C27H32FN5O4. The zero-order valence-corrected chi connectivity index (χ0v) is 21.2. The molecule has 1 fully saturated rings. The smallest absolute Gasteiger partial charge is 0.338 e. The average molecular weight is 510 g/mol. The first-order chi connectivity index (χ1) is 17.8. The van der Waals surface area contributed by atoms with Gasteiger partial charge in [-0.15, -0.1) is 0 Å². The van der Waals surface area contributed by atoms with E-state index in [9.17, 15) is 18.8 Å². The number of carbonyl (C=O) groups is 3. The summed E-state index contributed by atoms with van der Waals surface area (Å²) in [5.74, 6) is -1.03. The summed E-state index contributed by atoms with van der Waals surface area (Å²) in [4.78, 5) is 44.1. The number of rotatable bonds is 6.